The number of thiazole rings is 1. The number of ether oxygens (including phenoxy) is 3. The molecule has 0 bridgehead atoms. The Hall–Kier alpha value is -3.74. The number of amides is 1. The quantitative estimate of drug-likeness (QED) is 0.139. The SMILES string of the molecule is COC(=Cc1c(F)cc(C(=O)Nc2nc(-c3cccc(C(COCCC(C)C)OC)c3F)cs2)cc1F)C(=O)O. The van der Waals surface area contributed by atoms with E-state index < -0.39 is 46.8 Å². The van der Waals surface area contributed by atoms with Gasteiger partial charge in [0.1, 0.15) is 23.6 Å². The van der Waals surface area contributed by atoms with E-state index in [2.05, 4.69) is 28.9 Å². The van der Waals surface area contributed by atoms with Crippen molar-refractivity contribution in [2.45, 2.75) is 26.4 Å². The van der Waals surface area contributed by atoms with E-state index in [9.17, 15) is 18.4 Å². The van der Waals surface area contributed by atoms with Crippen LogP contribution in [0.2, 0.25) is 0 Å². The number of aliphatic carboxylic acids is 1. The molecule has 1 unspecified atom stereocenters. The molecule has 3 rings (SSSR count). The second kappa shape index (κ2) is 14.1. The molecule has 12 heteroatoms. The van der Waals surface area contributed by atoms with Crippen LogP contribution in [0.5, 0.6) is 0 Å². The topological polar surface area (TPSA) is 107 Å². The number of halogens is 3. The number of anilines is 1. The fourth-order valence-corrected chi connectivity index (χ4v) is 4.31. The molecule has 1 aromatic heterocycles. The van der Waals surface area contributed by atoms with Crippen molar-refractivity contribution < 1.29 is 42.1 Å². The zero-order chi connectivity index (χ0) is 29.4. The van der Waals surface area contributed by atoms with E-state index in [1.165, 1.54) is 18.6 Å². The summed E-state index contributed by atoms with van der Waals surface area (Å²) in [6.07, 6.45) is 0.908. The standard InChI is InChI=1S/C28H29F3N2O6S/c1-15(2)8-9-39-13-24(38-4)18-7-5-6-17(25(18)31)22-14-40-28(32-22)33-26(34)16-10-20(29)19(21(30)11-16)12-23(37-3)27(35)36/h5-7,10-12,14-15,24H,8-9,13H2,1-4H3,(H,35,36)(H,32,33,34). The summed E-state index contributed by atoms with van der Waals surface area (Å²) in [6.45, 7) is 4.86. The number of carboxylic acids is 1. The van der Waals surface area contributed by atoms with Gasteiger partial charge in [-0.05, 0) is 30.5 Å². The Balaban J connectivity index is 1.77. The largest absolute Gasteiger partial charge is 0.490 e. The van der Waals surface area contributed by atoms with Crippen molar-refractivity contribution >= 4 is 34.4 Å². The van der Waals surface area contributed by atoms with E-state index in [-0.39, 0.29) is 28.6 Å². The van der Waals surface area contributed by atoms with Crippen molar-refractivity contribution in [3.8, 4) is 11.3 Å². The van der Waals surface area contributed by atoms with Crippen molar-refractivity contribution in [3.05, 3.63) is 75.6 Å². The van der Waals surface area contributed by atoms with E-state index in [4.69, 9.17) is 14.6 Å². The summed E-state index contributed by atoms with van der Waals surface area (Å²) in [7, 11) is 2.51. The number of nitrogens with one attached hydrogen (secondary N) is 1. The first-order valence-corrected chi connectivity index (χ1v) is 13.1. The maximum absolute atomic E-state index is 15.5. The first-order chi connectivity index (χ1) is 19.0. The second-order valence-electron chi connectivity index (χ2n) is 9.05. The van der Waals surface area contributed by atoms with Crippen LogP contribution in [0.15, 0.2) is 41.5 Å². The summed E-state index contributed by atoms with van der Waals surface area (Å²) in [5.74, 6) is -5.47. The monoisotopic (exact) mass is 578 g/mol. The third kappa shape index (κ3) is 7.68. The Labute approximate surface area is 233 Å². The lowest BCUT2D eigenvalue weighted by Crippen LogP contribution is -2.14. The molecule has 3 aromatic rings. The molecule has 0 spiro atoms. The van der Waals surface area contributed by atoms with E-state index in [1.807, 2.05) is 0 Å². The molecule has 40 heavy (non-hydrogen) atoms. The predicted octanol–water partition coefficient (Wildman–Crippen LogP) is 6.30. The van der Waals surface area contributed by atoms with Gasteiger partial charge in [-0.25, -0.2) is 22.9 Å². The summed E-state index contributed by atoms with van der Waals surface area (Å²) in [6, 6.07) is 6.30. The van der Waals surface area contributed by atoms with Gasteiger partial charge in [-0.15, -0.1) is 11.3 Å². The summed E-state index contributed by atoms with van der Waals surface area (Å²) in [4.78, 5) is 28.0. The second-order valence-corrected chi connectivity index (χ2v) is 9.91. The molecular weight excluding hydrogens is 549 g/mol. The molecule has 1 amide bonds. The number of hydrogen-bond acceptors (Lipinski definition) is 7. The molecule has 2 N–H and O–H groups in total. The summed E-state index contributed by atoms with van der Waals surface area (Å²) >= 11 is 0.997. The molecule has 0 radical (unpaired) electrons. The van der Waals surface area contributed by atoms with Crippen LogP contribution >= 0.6 is 11.3 Å². The Morgan fingerprint density at radius 2 is 1.85 bits per heavy atom. The van der Waals surface area contributed by atoms with Crippen molar-refractivity contribution in [3.63, 3.8) is 0 Å². The Morgan fingerprint density at radius 1 is 1.15 bits per heavy atom. The lowest BCUT2D eigenvalue weighted by atomic mass is 10.0. The molecule has 0 saturated heterocycles. The molecule has 0 aliphatic carbocycles. The number of methoxy groups -OCH3 is 2. The minimum Gasteiger partial charge on any atom is -0.490 e. The fourth-order valence-electron chi connectivity index (χ4n) is 3.61. The third-order valence-corrected chi connectivity index (χ3v) is 6.57. The van der Waals surface area contributed by atoms with Crippen LogP contribution in [-0.4, -0.2) is 49.4 Å². The highest BCUT2D eigenvalue weighted by molar-refractivity contribution is 7.14. The van der Waals surface area contributed by atoms with Crippen molar-refractivity contribution in [1.82, 2.24) is 4.98 Å². The molecule has 214 valence electrons. The highest BCUT2D eigenvalue weighted by Crippen LogP contribution is 2.32. The molecule has 1 atom stereocenters. The van der Waals surface area contributed by atoms with Crippen LogP contribution in [0.3, 0.4) is 0 Å². The summed E-state index contributed by atoms with van der Waals surface area (Å²) < 4.78 is 60.2. The van der Waals surface area contributed by atoms with Gasteiger partial charge in [0.2, 0.25) is 5.76 Å². The Morgan fingerprint density at radius 3 is 2.45 bits per heavy atom. The first-order valence-electron chi connectivity index (χ1n) is 12.2. The number of nitrogens with zero attached hydrogens (tertiary/aromatic N) is 1. The number of aromatic nitrogens is 1. The zero-order valence-electron chi connectivity index (χ0n) is 22.3. The van der Waals surface area contributed by atoms with Gasteiger partial charge >= 0.3 is 5.97 Å². The predicted molar refractivity (Wildman–Crippen MR) is 144 cm³/mol. The fraction of sp³-hybridized carbons (Fsp3) is 0.321. The molecular formula is C28H29F3N2O6S. The maximum atomic E-state index is 15.5. The highest BCUT2D eigenvalue weighted by Gasteiger charge is 2.21. The van der Waals surface area contributed by atoms with Crippen molar-refractivity contribution in [2.75, 3.05) is 32.8 Å². The smallest absolute Gasteiger partial charge is 0.371 e. The van der Waals surface area contributed by atoms with Gasteiger partial charge in [0.25, 0.3) is 5.91 Å². The van der Waals surface area contributed by atoms with Crippen molar-refractivity contribution in [1.29, 1.82) is 0 Å². The molecule has 0 fully saturated rings. The average molecular weight is 579 g/mol. The van der Waals surface area contributed by atoms with Crippen LogP contribution in [0.25, 0.3) is 17.3 Å². The lowest BCUT2D eigenvalue weighted by molar-refractivity contribution is -0.135. The molecule has 0 aliphatic heterocycles. The van der Waals surface area contributed by atoms with Gasteiger partial charge in [0, 0.05) is 47.4 Å². The van der Waals surface area contributed by atoms with Crippen LogP contribution < -0.4 is 5.32 Å². The normalized spacial score (nSPS) is 12.4. The van der Waals surface area contributed by atoms with E-state index in [1.54, 1.807) is 12.1 Å². The van der Waals surface area contributed by atoms with Gasteiger partial charge in [0.05, 0.1) is 19.4 Å². The number of carboxylic acid groups (broad SMARTS) is 1. The summed E-state index contributed by atoms with van der Waals surface area (Å²) in [5, 5.41) is 13.0. The van der Waals surface area contributed by atoms with Crippen LogP contribution in [0.4, 0.5) is 18.3 Å². The summed E-state index contributed by atoms with van der Waals surface area (Å²) in [5.41, 5.74) is -0.329. The molecule has 1 heterocycles. The number of hydrogen-bond donors (Lipinski definition) is 2. The third-order valence-electron chi connectivity index (χ3n) is 5.82. The van der Waals surface area contributed by atoms with Crippen LogP contribution in [0, 0.1) is 23.4 Å². The number of carbonyl (C=O) groups excluding carboxylic acids is 1. The van der Waals surface area contributed by atoms with E-state index in [0.717, 1.165) is 37.0 Å². The highest BCUT2D eigenvalue weighted by atomic mass is 32.1. The van der Waals surface area contributed by atoms with Crippen LogP contribution in [0.1, 0.15) is 47.9 Å². The van der Waals surface area contributed by atoms with E-state index >= 15 is 4.39 Å². The molecule has 8 nitrogen and oxygen atoms in total. The maximum Gasteiger partial charge on any atom is 0.371 e. The van der Waals surface area contributed by atoms with Crippen molar-refractivity contribution in [2.24, 2.45) is 5.92 Å². The number of benzene rings is 2. The van der Waals surface area contributed by atoms with Gasteiger partial charge < -0.3 is 19.3 Å². The van der Waals surface area contributed by atoms with Gasteiger partial charge in [-0.1, -0.05) is 26.0 Å². The number of rotatable bonds is 13. The molecule has 2 aromatic carbocycles. The van der Waals surface area contributed by atoms with Gasteiger partial charge in [-0.2, -0.15) is 0 Å². The van der Waals surface area contributed by atoms with Gasteiger partial charge in [0.15, 0.2) is 5.13 Å². The minimum atomic E-state index is -1.52. The lowest BCUT2D eigenvalue weighted by Gasteiger charge is -2.18. The molecule has 0 saturated carbocycles. The zero-order valence-corrected chi connectivity index (χ0v) is 23.1. The minimum absolute atomic E-state index is 0.0717. The van der Waals surface area contributed by atoms with Gasteiger partial charge in [-0.3, -0.25) is 10.1 Å². The first kappa shape index (κ1) is 30.8. The van der Waals surface area contributed by atoms with E-state index in [0.29, 0.717) is 24.2 Å². The average Bonchev–Trinajstić information content (AvgIpc) is 3.36. The number of carbonyl (C=O) groups is 2. The Bertz CT molecular complexity index is 1370. The van der Waals surface area contributed by atoms with Crippen LogP contribution in [-0.2, 0) is 19.0 Å². The Kier molecular flexibility index (Phi) is 10.8. The molecule has 0 aliphatic rings.